The van der Waals surface area contributed by atoms with Gasteiger partial charge in [0.05, 0.1) is 5.69 Å². The molecule has 0 atom stereocenters. The monoisotopic (exact) mass is 526 g/mol. The van der Waals surface area contributed by atoms with Crippen molar-refractivity contribution < 1.29 is 14.3 Å². The number of nitrogens with zero attached hydrogens (tertiary/aromatic N) is 2. The molecule has 180 valence electrons. The van der Waals surface area contributed by atoms with Gasteiger partial charge in [0.2, 0.25) is 0 Å². The van der Waals surface area contributed by atoms with Crippen molar-refractivity contribution in [1.82, 2.24) is 4.90 Å². The van der Waals surface area contributed by atoms with Crippen LogP contribution in [0.4, 0.5) is 16.2 Å². The van der Waals surface area contributed by atoms with Gasteiger partial charge in [0.25, 0.3) is 5.91 Å². The van der Waals surface area contributed by atoms with Crippen LogP contribution in [-0.2, 0) is 16.1 Å². The lowest BCUT2D eigenvalue weighted by Gasteiger charge is -2.24. The predicted molar refractivity (Wildman–Crippen MR) is 140 cm³/mol. The van der Waals surface area contributed by atoms with E-state index in [0.717, 1.165) is 27.7 Å². The summed E-state index contributed by atoms with van der Waals surface area (Å²) in [6, 6.07) is 13.1. The number of ether oxygens (including phenoxy) is 1. The minimum atomic E-state index is -0.585. The van der Waals surface area contributed by atoms with Crippen molar-refractivity contribution in [2.75, 3.05) is 11.9 Å². The third kappa shape index (κ3) is 7.18. The number of fused-ring (bicyclic) bond motifs is 1. The van der Waals surface area contributed by atoms with Crippen LogP contribution in [0, 0.1) is 0 Å². The van der Waals surface area contributed by atoms with Crippen molar-refractivity contribution in [2.45, 2.75) is 52.7 Å². The van der Waals surface area contributed by atoms with Gasteiger partial charge < -0.3 is 15.4 Å². The smallest absolute Gasteiger partial charge is 0.412 e. The highest BCUT2D eigenvalue weighted by Crippen LogP contribution is 2.30. The lowest BCUT2D eigenvalue weighted by molar-refractivity contribution is -0.127. The Balaban J connectivity index is 1.80. The van der Waals surface area contributed by atoms with Crippen molar-refractivity contribution >= 4 is 51.2 Å². The molecule has 1 aliphatic heterocycles. The molecular formula is C26H31BrN4O3. The minimum Gasteiger partial charge on any atom is -0.444 e. The standard InChI is InChI=1S/C26H31BrN4O3/c1-5-11-31(16-17-7-6-8-21(12-17)29-25(33)34-26(2,3)4)24(32)19-13-18-9-10-20(27)15-22(18)30-23(28)14-19/h6-10,12-13,15H,5,11,14,16H2,1-4H3,(H2,28,30)(H,29,33). The summed E-state index contributed by atoms with van der Waals surface area (Å²) < 4.78 is 6.23. The van der Waals surface area contributed by atoms with E-state index in [-0.39, 0.29) is 12.3 Å². The number of nitrogens with two attached hydrogens (primary N) is 1. The average Bonchev–Trinajstić information content (AvgIpc) is 2.89. The molecule has 0 fully saturated rings. The number of carbonyl (C=O) groups excluding carboxylic acids is 2. The van der Waals surface area contributed by atoms with Crippen molar-refractivity contribution in [3.05, 3.63) is 63.6 Å². The molecule has 0 aromatic heterocycles. The van der Waals surface area contributed by atoms with Crippen LogP contribution in [0.3, 0.4) is 0 Å². The molecule has 2 aromatic rings. The van der Waals surface area contributed by atoms with Crippen LogP contribution in [0.5, 0.6) is 0 Å². The van der Waals surface area contributed by atoms with E-state index in [9.17, 15) is 9.59 Å². The molecule has 0 radical (unpaired) electrons. The van der Waals surface area contributed by atoms with Crippen LogP contribution in [0.15, 0.2) is 57.5 Å². The summed E-state index contributed by atoms with van der Waals surface area (Å²) in [5.74, 6) is 0.317. The maximum atomic E-state index is 13.5. The Morgan fingerprint density at radius 3 is 2.68 bits per heavy atom. The number of hydrogen-bond acceptors (Lipinski definition) is 5. The Morgan fingerprint density at radius 2 is 1.97 bits per heavy atom. The van der Waals surface area contributed by atoms with Gasteiger partial charge in [-0.05, 0) is 63.1 Å². The Kier molecular flexibility index (Phi) is 8.15. The fourth-order valence-electron chi connectivity index (χ4n) is 3.62. The van der Waals surface area contributed by atoms with Gasteiger partial charge in [-0.25, -0.2) is 9.79 Å². The van der Waals surface area contributed by atoms with Gasteiger partial charge in [0.1, 0.15) is 11.4 Å². The van der Waals surface area contributed by atoms with Gasteiger partial charge >= 0.3 is 6.09 Å². The summed E-state index contributed by atoms with van der Waals surface area (Å²) in [7, 11) is 0. The van der Waals surface area contributed by atoms with Crippen molar-refractivity contribution in [3.63, 3.8) is 0 Å². The third-order valence-electron chi connectivity index (χ3n) is 4.96. The first-order chi connectivity index (χ1) is 16.0. The van der Waals surface area contributed by atoms with E-state index in [1.807, 2.05) is 70.2 Å². The van der Waals surface area contributed by atoms with Gasteiger partial charge in [0.15, 0.2) is 0 Å². The molecule has 3 N–H and O–H groups in total. The van der Waals surface area contributed by atoms with Crippen LogP contribution in [-0.4, -0.2) is 34.9 Å². The van der Waals surface area contributed by atoms with E-state index in [1.165, 1.54) is 0 Å². The van der Waals surface area contributed by atoms with Gasteiger partial charge in [-0.15, -0.1) is 0 Å². The van der Waals surface area contributed by atoms with Crippen molar-refractivity contribution in [1.29, 1.82) is 0 Å². The zero-order valence-electron chi connectivity index (χ0n) is 20.0. The molecule has 0 aliphatic carbocycles. The lowest BCUT2D eigenvalue weighted by atomic mass is 10.1. The van der Waals surface area contributed by atoms with E-state index in [0.29, 0.717) is 30.2 Å². The fourth-order valence-corrected chi connectivity index (χ4v) is 3.96. The highest BCUT2D eigenvalue weighted by Gasteiger charge is 2.22. The Hall–Kier alpha value is -3.13. The number of anilines is 1. The molecule has 0 unspecified atom stereocenters. The quantitative estimate of drug-likeness (QED) is 0.481. The molecule has 1 heterocycles. The summed E-state index contributed by atoms with van der Waals surface area (Å²) in [6.07, 6.45) is 2.44. The second kappa shape index (κ2) is 10.9. The van der Waals surface area contributed by atoms with Crippen LogP contribution < -0.4 is 11.1 Å². The second-order valence-electron chi connectivity index (χ2n) is 9.21. The zero-order valence-corrected chi connectivity index (χ0v) is 21.6. The highest BCUT2D eigenvalue weighted by atomic mass is 79.9. The number of carbonyl (C=O) groups is 2. The molecule has 8 heteroatoms. The van der Waals surface area contributed by atoms with E-state index in [2.05, 4.69) is 26.2 Å². The van der Waals surface area contributed by atoms with Crippen LogP contribution in [0.2, 0.25) is 0 Å². The number of hydrogen-bond donors (Lipinski definition) is 2. The summed E-state index contributed by atoms with van der Waals surface area (Å²) in [5, 5.41) is 2.75. The second-order valence-corrected chi connectivity index (χ2v) is 10.1. The Morgan fingerprint density at radius 1 is 1.21 bits per heavy atom. The number of amides is 2. The first kappa shape index (κ1) is 25.5. The molecule has 0 bridgehead atoms. The largest absolute Gasteiger partial charge is 0.444 e. The van der Waals surface area contributed by atoms with E-state index in [1.54, 1.807) is 11.0 Å². The molecular weight excluding hydrogens is 496 g/mol. The summed E-state index contributed by atoms with van der Waals surface area (Å²) in [4.78, 5) is 31.9. The number of nitrogens with one attached hydrogen (secondary N) is 1. The molecule has 3 rings (SSSR count). The van der Waals surface area contributed by atoms with E-state index in [4.69, 9.17) is 10.5 Å². The van der Waals surface area contributed by atoms with Gasteiger partial charge in [-0.1, -0.05) is 41.1 Å². The number of amidine groups is 1. The molecule has 0 saturated heterocycles. The lowest BCUT2D eigenvalue weighted by Crippen LogP contribution is -2.33. The van der Waals surface area contributed by atoms with Gasteiger partial charge in [-0.3, -0.25) is 10.1 Å². The molecule has 34 heavy (non-hydrogen) atoms. The average molecular weight is 527 g/mol. The van der Waals surface area contributed by atoms with Gasteiger partial charge in [0, 0.05) is 40.8 Å². The maximum Gasteiger partial charge on any atom is 0.412 e. The first-order valence-corrected chi connectivity index (χ1v) is 12.0. The first-order valence-electron chi connectivity index (χ1n) is 11.3. The van der Waals surface area contributed by atoms with Crippen molar-refractivity contribution in [2.24, 2.45) is 10.7 Å². The van der Waals surface area contributed by atoms with E-state index >= 15 is 0 Å². The SMILES string of the molecule is CCCN(Cc1cccc(NC(=O)OC(C)(C)C)c1)C(=O)C1=Cc2ccc(Br)cc2N=C(N)C1. The highest BCUT2D eigenvalue weighted by molar-refractivity contribution is 9.10. The molecule has 0 saturated carbocycles. The normalized spacial score (nSPS) is 13.2. The summed E-state index contributed by atoms with van der Waals surface area (Å²) >= 11 is 3.46. The summed E-state index contributed by atoms with van der Waals surface area (Å²) in [5.41, 5.74) is 9.24. The Labute approximate surface area is 209 Å². The minimum absolute atomic E-state index is 0.0822. The van der Waals surface area contributed by atoms with Crippen molar-refractivity contribution in [3.8, 4) is 0 Å². The number of benzene rings is 2. The molecule has 1 aliphatic rings. The van der Waals surface area contributed by atoms with Crippen LogP contribution in [0.25, 0.3) is 6.08 Å². The Bertz CT molecular complexity index is 1140. The summed E-state index contributed by atoms with van der Waals surface area (Å²) in [6.45, 7) is 8.46. The topological polar surface area (TPSA) is 97.0 Å². The molecule has 0 spiro atoms. The number of halogens is 1. The maximum absolute atomic E-state index is 13.5. The number of aliphatic imine (C=N–C) groups is 1. The van der Waals surface area contributed by atoms with Crippen LogP contribution in [0.1, 0.15) is 51.7 Å². The molecule has 2 amide bonds. The number of rotatable bonds is 6. The fraction of sp³-hybridized carbons (Fsp3) is 0.346. The van der Waals surface area contributed by atoms with E-state index < -0.39 is 11.7 Å². The predicted octanol–water partition coefficient (Wildman–Crippen LogP) is 6.01. The molecule has 7 nitrogen and oxygen atoms in total. The van der Waals surface area contributed by atoms with Gasteiger partial charge in [-0.2, -0.15) is 0 Å². The zero-order chi connectivity index (χ0) is 24.9. The molecule has 2 aromatic carbocycles. The third-order valence-corrected chi connectivity index (χ3v) is 5.45. The van der Waals surface area contributed by atoms with Crippen LogP contribution >= 0.6 is 15.9 Å².